The Hall–Kier alpha value is -3.00. The van der Waals surface area contributed by atoms with Crippen LogP contribution in [0.3, 0.4) is 0 Å². The summed E-state index contributed by atoms with van der Waals surface area (Å²) in [5.41, 5.74) is -1.25. The molecule has 3 fully saturated rings. The van der Waals surface area contributed by atoms with Crippen molar-refractivity contribution in [3.8, 4) is 0 Å². The van der Waals surface area contributed by atoms with Gasteiger partial charge in [-0.15, -0.1) is 6.58 Å². The van der Waals surface area contributed by atoms with Crippen molar-refractivity contribution < 1.29 is 32.4 Å². The average molecular weight is 709 g/mol. The van der Waals surface area contributed by atoms with Crippen LogP contribution >= 0.6 is 0 Å². The molecule has 5 atom stereocenters. The van der Waals surface area contributed by atoms with Gasteiger partial charge in [0.25, 0.3) is 5.91 Å². The molecule has 0 radical (unpaired) electrons. The number of amides is 5. The molecule has 0 aromatic rings. The average Bonchev–Trinajstić information content (AvgIpc) is 3.56. The number of sulfonamides is 1. The first-order valence-electron chi connectivity index (χ1n) is 17.8. The summed E-state index contributed by atoms with van der Waals surface area (Å²) in [6.45, 7) is 19.7. The molecule has 1 aliphatic carbocycles. The molecular weight excluding hydrogens is 648 g/mol. The quantitative estimate of drug-likeness (QED) is 0.159. The second kappa shape index (κ2) is 16.3. The zero-order valence-corrected chi connectivity index (χ0v) is 31.6. The van der Waals surface area contributed by atoms with Crippen LogP contribution in [0, 0.1) is 28.6 Å². The third kappa shape index (κ3) is 10.5. The third-order valence-corrected chi connectivity index (χ3v) is 12.2. The van der Waals surface area contributed by atoms with Gasteiger partial charge < -0.3 is 26.2 Å². The zero-order valence-electron chi connectivity index (χ0n) is 30.8. The SMILES string of the molecule is C=CCNC(=O)C(=O)C(CC1CCC1)NC(=O)[C@@H]1[C@@H](C(C)C)CCN1C(=O)[C@@H](NC(=O)N[C@H](CN1CCCS1(=O)=O)C(C)(C)C)C(C)(C)C. The highest BCUT2D eigenvalue weighted by molar-refractivity contribution is 7.89. The molecule has 0 aromatic heterocycles. The number of carbonyl (C=O) groups excluding carboxylic acids is 5. The van der Waals surface area contributed by atoms with Crippen molar-refractivity contribution >= 4 is 39.6 Å². The van der Waals surface area contributed by atoms with Gasteiger partial charge in [-0.05, 0) is 47.8 Å². The number of nitrogens with zero attached hydrogens (tertiary/aromatic N) is 2. The Bertz CT molecular complexity index is 1350. The number of urea groups is 1. The van der Waals surface area contributed by atoms with Crippen LogP contribution in [0.15, 0.2) is 12.7 Å². The second-order valence-electron chi connectivity index (χ2n) is 16.5. The molecule has 5 amide bonds. The fourth-order valence-corrected chi connectivity index (χ4v) is 8.38. The summed E-state index contributed by atoms with van der Waals surface area (Å²) in [7, 11) is -3.39. The minimum Gasteiger partial charge on any atom is -0.346 e. The van der Waals surface area contributed by atoms with Gasteiger partial charge in [0.2, 0.25) is 27.6 Å². The normalized spacial score (nSPS) is 23.2. The predicted octanol–water partition coefficient (Wildman–Crippen LogP) is 2.57. The number of carbonyl (C=O) groups is 5. The van der Waals surface area contributed by atoms with Crippen LogP contribution in [0.25, 0.3) is 0 Å². The molecule has 3 rings (SSSR count). The fourth-order valence-electron chi connectivity index (χ4n) is 6.84. The third-order valence-electron chi connectivity index (χ3n) is 10.2. The topological polar surface area (TPSA) is 174 Å². The van der Waals surface area contributed by atoms with Crippen molar-refractivity contribution in [1.29, 1.82) is 0 Å². The molecule has 0 spiro atoms. The first kappa shape index (κ1) is 40.4. The second-order valence-corrected chi connectivity index (χ2v) is 18.6. The van der Waals surface area contributed by atoms with E-state index in [4.69, 9.17) is 0 Å². The smallest absolute Gasteiger partial charge is 0.315 e. The lowest BCUT2D eigenvalue weighted by Gasteiger charge is -2.38. The van der Waals surface area contributed by atoms with Crippen molar-refractivity contribution in [3.05, 3.63) is 12.7 Å². The monoisotopic (exact) mass is 708 g/mol. The van der Waals surface area contributed by atoms with Crippen LogP contribution < -0.4 is 21.3 Å². The lowest BCUT2D eigenvalue weighted by atomic mass is 9.80. The Morgan fingerprint density at radius 2 is 1.55 bits per heavy atom. The van der Waals surface area contributed by atoms with Crippen molar-refractivity contribution in [3.63, 3.8) is 0 Å². The summed E-state index contributed by atoms with van der Waals surface area (Å²) in [4.78, 5) is 69.5. The van der Waals surface area contributed by atoms with Gasteiger partial charge in [-0.2, -0.15) is 4.31 Å². The maximum Gasteiger partial charge on any atom is 0.315 e. The Morgan fingerprint density at radius 1 is 0.898 bits per heavy atom. The van der Waals surface area contributed by atoms with Gasteiger partial charge in [0, 0.05) is 32.2 Å². The summed E-state index contributed by atoms with van der Waals surface area (Å²) in [5, 5.41) is 11.2. The molecule has 0 aromatic carbocycles. The van der Waals surface area contributed by atoms with E-state index in [0.717, 1.165) is 19.3 Å². The number of hydrogen-bond acceptors (Lipinski definition) is 7. The van der Waals surface area contributed by atoms with Crippen LogP contribution in [0.5, 0.6) is 0 Å². The van der Waals surface area contributed by atoms with E-state index in [0.29, 0.717) is 25.8 Å². The van der Waals surface area contributed by atoms with E-state index in [1.165, 1.54) is 15.3 Å². The number of rotatable bonds is 14. The maximum absolute atomic E-state index is 14.4. The number of ketones is 1. The van der Waals surface area contributed by atoms with Crippen LogP contribution in [-0.4, -0.2) is 103 Å². The number of likely N-dealkylation sites (tertiary alicyclic amines) is 1. The Balaban J connectivity index is 1.83. The van der Waals surface area contributed by atoms with E-state index < -0.39 is 74.6 Å². The molecule has 3 aliphatic rings. The van der Waals surface area contributed by atoms with Gasteiger partial charge in [-0.1, -0.05) is 80.7 Å². The largest absolute Gasteiger partial charge is 0.346 e. The van der Waals surface area contributed by atoms with Crippen LogP contribution in [-0.2, 0) is 29.2 Å². The Morgan fingerprint density at radius 3 is 2.04 bits per heavy atom. The predicted molar refractivity (Wildman–Crippen MR) is 189 cm³/mol. The van der Waals surface area contributed by atoms with Crippen molar-refractivity contribution in [2.45, 2.75) is 118 Å². The highest BCUT2D eigenvalue weighted by Crippen LogP contribution is 2.35. The molecule has 2 aliphatic heterocycles. The van der Waals surface area contributed by atoms with Crippen LogP contribution in [0.1, 0.15) is 93.9 Å². The molecular formula is C35H60N6O7S. The minimum absolute atomic E-state index is 0.0315. The summed E-state index contributed by atoms with van der Waals surface area (Å²) in [6.07, 6.45) is 5.78. The molecule has 14 heteroatoms. The molecule has 2 saturated heterocycles. The zero-order chi connectivity index (χ0) is 36.9. The first-order chi connectivity index (χ1) is 22.7. The van der Waals surface area contributed by atoms with E-state index in [2.05, 4.69) is 27.8 Å². The van der Waals surface area contributed by atoms with Crippen molar-refractivity contribution in [1.82, 2.24) is 30.5 Å². The van der Waals surface area contributed by atoms with Gasteiger partial charge in [0.1, 0.15) is 12.1 Å². The molecule has 49 heavy (non-hydrogen) atoms. The van der Waals surface area contributed by atoms with Gasteiger partial charge in [-0.25, -0.2) is 13.2 Å². The van der Waals surface area contributed by atoms with E-state index in [1.54, 1.807) is 0 Å². The van der Waals surface area contributed by atoms with Crippen molar-refractivity contribution in [2.24, 2.45) is 28.6 Å². The number of nitrogens with one attached hydrogen (secondary N) is 4. The maximum atomic E-state index is 14.4. The molecule has 1 saturated carbocycles. The molecule has 278 valence electrons. The number of hydrogen-bond donors (Lipinski definition) is 4. The minimum atomic E-state index is -3.39. The fraction of sp³-hybridized carbons (Fsp3) is 0.800. The van der Waals surface area contributed by atoms with Gasteiger partial charge in [0.05, 0.1) is 11.8 Å². The summed E-state index contributed by atoms with van der Waals surface area (Å²) >= 11 is 0. The van der Waals surface area contributed by atoms with E-state index in [9.17, 15) is 32.4 Å². The molecule has 2 heterocycles. The van der Waals surface area contributed by atoms with Crippen LogP contribution in [0.2, 0.25) is 0 Å². The molecule has 1 unspecified atom stereocenters. The highest BCUT2D eigenvalue weighted by Gasteiger charge is 2.48. The summed E-state index contributed by atoms with van der Waals surface area (Å²) in [5.74, 6) is -2.30. The van der Waals surface area contributed by atoms with Crippen molar-refractivity contribution in [2.75, 3.05) is 31.9 Å². The van der Waals surface area contributed by atoms with E-state index in [-0.39, 0.29) is 43.1 Å². The lowest BCUT2D eigenvalue weighted by molar-refractivity contribution is -0.145. The molecule has 4 N–H and O–H groups in total. The van der Waals surface area contributed by atoms with Gasteiger partial charge >= 0.3 is 6.03 Å². The molecule has 0 bridgehead atoms. The Kier molecular flexibility index (Phi) is 13.5. The van der Waals surface area contributed by atoms with Crippen LogP contribution in [0.4, 0.5) is 4.79 Å². The van der Waals surface area contributed by atoms with E-state index in [1.807, 2.05) is 55.4 Å². The summed E-state index contributed by atoms with van der Waals surface area (Å²) < 4.78 is 26.5. The molecule has 13 nitrogen and oxygen atoms in total. The van der Waals surface area contributed by atoms with Gasteiger partial charge in [0.15, 0.2) is 0 Å². The highest BCUT2D eigenvalue weighted by atomic mass is 32.2. The Labute approximate surface area is 293 Å². The number of Topliss-reactive ketones (excluding diaryl/α,β-unsaturated/α-hetero) is 1. The van der Waals surface area contributed by atoms with E-state index >= 15 is 0 Å². The first-order valence-corrected chi connectivity index (χ1v) is 19.4. The summed E-state index contributed by atoms with van der Waals surface area (Å²) in [6, 6.07) is -4.11. The van der Waals surface area contributed by atoms with Gasteiger partial charge in [-0.3, -0.25) is 19.2 Å². The standard InChI is InChI=1S/C35H60N6O7S/c1-10-16-36-31(44)28(42)25(20-23-13-11-14-23)37-30(43)27-24(22(2)3)15-18-41(27)32(45)29(35(7,8)9)39-33(46)38-26(34(4,5)6)21-40-17-12-19-49(40,47)48/h10,22-27,29H,1,11-21H2,2-9H3,(H,36,44)(H,37,43)(H2,38,39,46)/t24-,25?,26-,27+,29-/m1/s1. The lowest BCUT2D eigenvalue weighted by Crippen LogP contribution is -2.62.